The molecular weight excluding hydrogens is 305 g/mol. The first kappa shape index (κ1) is 12.2. The number of para-hydroxylation sites is 1. The van der Waals surface area contributed by atoms with Crippen LogP contribution in [0.1, 0.15) is 16.1 Å². The Morgan fingerprint density at radius 2 is 2.18 bits per heavy atom. The van der Waals surface area contributed by atoms with E-state index < -0.39 is 5.97 Å². The largest absolute Gasteiger partial charge is 0.477 e. The van der Waals surface area contributed by atoms with E-state index in [4.69, 9.17) is 16.7 Å². The molecular formula is C12H9BrClNO2. The van der Waals surface area contributed by atoms with Crippen LogP contribution in [0.15, 0.2) is 34.9 Å². The molecule has 5 heteroatoms. The third-order valence-corrected chi connectivity index (χ3v) is 3.17. The molecule has 0 fully saturated rings. The van der Waals surface area contributed by atoms with Gasteiger partial charge in [-0.15, -0.1) is 0 Å². The van der Waals surface area contributed by atoms with Gasteiger partial charge in [-0.3, -0.25) is 0 Å². The van der Waals surface area contributed by atoms with Gasteiger partial charge in [-0.2, -0.15) is 0 Å². The van der Waals surface area contributed by atoms with E-state index >= 15 is 0 Å². The molecule has 2 aromatic rings. The molecule has 0 saturated carbocycles. The van der Waals surface area contributed by atoms with Crippen LogP contribution in [0, 0.1) is 6.92 Å². The van der Waals surface area contributed by atoms with Gasteiger partial charge in [-0.05, 0) is 40.5 Å². The van der Waals surface area contributed by atoms with Crippen LogP contribution >= 0.6 is 27.5 Å². The Labute approximate surface area is 112 Å². The van der Waals surface area contributed by atoms with Crippen molar-refractivity contribution >= 4 is 33.5 Å². The van der Waals surface area contributed by atoms with Crippen LogP contribution in [0.5, 0.6) is 0 Å². The topological polar surface area (TPSA) is 42.2 Å². The minimum absolute atomic E-state index is 0.174. The summed E-state index contributed by atoms with van der Waals surface area (Å²) in [7, 11) is 0. The van der Waals surface area contributed by atoms with E-state index in [1.165, 1.54) is 0 Å². The molecule has 0 unspecified atom stereocenters. The highest BCUT2D eigenvalue weighted by atomic mass is 79.9. The second-order valence-electron chi connectivity index (χ2n) is 3.62. The van der Waals surface area contributed by atoms with Crippen molar-refractivity contribution in [3.8, 4) is 5.69 Å². The van der Waals surface area contributed by atoms with Gasteiger partial charge in [0.05, 0.1) is 10.7 Å². The highest BCUT2D eigenvalue weighted by Gasteiger charge is 2.16. The lowest BCUT2D eigenvalue weighted by Gasteiger charge is -2.11. The molecule has 0 amide bonds. The lowest BCUT2D eigenvalue weighted by Crippen LogP contribution is -2.07. The van der Waals surface area contributed by atoms with E-state index in [1.54, 1.807) is 22.9 Å². The van der Waals surface area contributed by atoms with Gasteiger partial charge < -0.3 is 9.67 Å². The van der Waals surface area contributed by atoms with E-state index in [0.29, 0.717) is 15.2 Å². The third kappa shape index (κ3) is 2.23. The zero-order valence-electron chi connectivity index (χ0n) is 8.95. The van der Waals surface area contributed by atoms with Crippen molar-refractivity contribution in [2.24, 2.45) is 0 Å². The zero-order valence-corrected chi connectivity index (χ0v) is 11.3. The maximum atomic E-state index is 11.1. The molecule has 0 spiro atoms. The molecule has 3 nitrogen and oxygen atoms in total. The fourth-order valence-electron chi connectivity index (χ4n) is 1.71. The molecule has 88 valence electrons. The minimum Gasteiger partial charge on any atom is -0.477 e. The fraction of sp³-hybridized carbons (Fsp3) is 0.0833. The summed E-state index contributed by atoms with van der Waals surface area (Å²) in [5.41, 5.74) is 1.79. The molecule has 1 N–H and O–H groups in total. The van der Waals surface area contributed by atoms with Crippen molar-refractivity contribution < 1.29 is 9.90 Å². The standard InChI is InChI=1S/C12H9BrClNO2/c1-7-3-2-4-9(14)11(7)15-6-8(13)5-10(15)12(16)17/h2-6H,1H3,(H,16,17). The smallest absolute Gasteiger partial charge is 0.352 e. The van der Waals surface area contributed by atoms with Crippen molar-refractivity contribution in [2.75, 3.05) is 0 Å². The van der Waals surface area contributed by atoms with E-state index in [0.717, 1.165) is 5.56 Å². The van der Waals surface area contributed by atoms with Crippen LogP contribution in [-0.4, -0.2) is 15.6 Å². The number of halogens is 2. The van der Waals surface area contributed by atoms with Crippen LogP contribution in [0.3, 0.4) is 0 Å². The summed E-state index contributed by atoms with van der Waals surface area (Å²) < 4.78 is 2.28. The Morgan fingerprint density at radius 3 is 2.76 bits per heavy atom. The first-order valence-electron chi connectivity index (χ1n) is 4.87. The number of carbonyl (C=O) groups is 1. The van der Waals surface area contributed by atoms with E-state index in [2.05, 4.69) is 15.9 Å². The number of aromatic carboxylic acids is 1. The number of aromatic nitrogens is 1. The number of carboxylic acid groups (broad SMARTS) is 1. The molecule has 2 rings (SSSR count). The summed E-state index contributed by atoms with van der Waals surface area (Å²) in [4.78, 5) is 11.1. The van der Waals surface area contributed by atoms with Crippen LogP contribution in [0.25, 0.3) is 5.69 Å². The molecule has 0 atom stereocenters. The Morgan fingerprint density at radius 1 is 1.47 bits per heavy atom. The lowest BCUT2D eigenvalue weighted by molar-refractivity contribution is 0.0688. The molecule has 0 saturated heterocycles. The normalized spacial score (nSPS) is 10.5. The van der Waals surface area contributed by atoms with E-state index in [9.17, 15) is 4.79 Å². The Kier molecular flexibility index (Phi) is 3.26. The summed E-state index contributed by atoms with van der Waals surface area (Å²) in [5.74, 6) is -0.991. The summed E-state index contributed by atoms with van der Waals surface area (Å²) in [5, 5.41) is 9.66. The highest BCUT2D eigenvalue weighted by molar-refractivity contribution is 9.10. The third-order valence-electron chi connectivity index (χ3n) is 2.44. The van der Waals surface area contributed by atoms with Gasteiger partial charge in [0.25, 0.3) is 0 Å². The Hall–Kier alpha value is -1.26. The van der Waals surface area contributed by atoms with Crippen molar-refractivity contribution in [3.63, 3.8) is 0 Å². The lowest BCUT2D eigenvalue weighted by atomic mass is 10.2. The molecule has 0 aliphatic carbocycles. The predicted octanol–water partition coefficient (Wildman–Crippen LogP) is 3.90. The van der Waals surface area contributed by atoms with Crippen molar-refractivity contribution in [2.45, 2.75) is 6.92 Å². The SMILES string of the molecule is Cc1cccc(Cl)c1-n1cc(Br)cc1C(=O)O. The molecule has 1 heterocycles. The van der Waals surface area contributed by atoms with Gasteiger partial charge in [0.1, 0.15) is 5.69 Å². The summed E-state index contributed by atoms with van der Waals surface area (Å²) in [6.07, 6.45) is 1.69. The summed E-state index contributed by atoms with van der Waals surface area (Å²) in [6, 6.07) is 7.01. The highest BCUT2D eigenvalue weighted by Crippen LogP contribution is 2.28. The van der Waals surface area contributed by atoms with Crippen molar-refractivity contribution in [1.82, 2.24) is 4.57 Å². The van der Waals surface area contributed by atoms with Crippen LogP contribution < -0.4 is 0 Å². The molecule has 0 aliphatic heterocycles. The summed E-state index contributed by atoms with van der Waals surface area (Å²) >= 11 is 9.39. The predicted molar refractivity (Wildman–Crippen MR) is 70.2 cm³/mol. The second kappa shape index (κ2) is 4.55. The molecule has 0 bridgehead atoms. The number of nitrogens with zero attached hydrogens (tertiary/aromatic N) is 1. The molecule has 1 aromatic heterocycles. The van der Waals surface area contributed by atoms with Gasteiger partial charge in [-0.1, -0.05) is 23.7 Å². The number of benzene rings is 1. The molecule has 17 heavy (non-hydrogen) atoms. The number of rotatable bonds is 2. The fourth-order valence-corrected chi connectivity index (χ4v) is 2.44. The van der Waals surface area contributed by atoms with Gasteiger partial charge in [0.2, 0.25) is 0 Å². The molecule has 0 aliphatic rings. The van der Waals surface area contributed by atoms with E-state index in [-0.39, 0.29) is 5.69 Å². The summed E-state index contributed by atoms with van der Waals surface area (Å²) in [6.45, 7) is 1.89. The van der Waals surface area contributed by atoms with Gasteiger partial charge in [-0.25, -0.2) is 4.79 Å². The van der Waals surface area contributed by atoms with Crippen molar-refractivity contribution in [3.05, 3.63) is 51.2 Å². The monoisotopic (exact) mass is 313 g/mol. The van der Waals surface area contributed by atoms with E-state index in [1.807, 2.05) is 19.1 Å². The molecule has 1 aromatic carbocycles. The zero-order chi connectivity index (χ0) is 12.6. The van der Waals surface area contributed by atoms with Crippen LogP contribution in [0.4, 0.5) is 0 Å². The maximum absolute atomic E-state index is 11.1. The first-order valence-corrected chi connectivity index (χ1v) is 6.04. The van der Waals surface area contributed by atoms with Crippen molar-refractivity contribution in [1.29, 1.82) is 0 Å². The Balaban J connectivity index is 2.72. The first-order chi connectivity index (χ1) is 8.00. The average Bonchev–Trinajstić information content (AvgIpc) is 2.60. The number of hydrogen-bond acceptors (Lipinski definition) is 1. The number of aryl methyl sites for hydroxylation is 1. The Bertz CT molecular complexity index is 572. The number of hydrogen-bond donors (Lipinski definition) is 1. The minimum atomic E-state index is -0.991. The quantitative estimate of drug-likeness (QED) is 0.913. The van der Waals surface area contributed by atoms with Gasteiger partial charge in [0.15, 0.2) is 0 Å². The van der Waals surface area contributed by atoms with Crippen LogP contribution in [0.2, 0.25) is 5.02 Å². The van der Waals surface area contributed by atoms with Gasteiger partial charge in [0, 0.05) is 10.7 Å². The average molecular weight is 315 g/mol. The van der Waals surface area contributed by atoms with Crippen LogP contribution in [-0.2, 0) is 0 Å². The number of carboxylic acids is 1. The maximum Gasteiger partial charge on any atom is 0.352 e. The molecule has 0 radical (unpaired) electrons. The van der Waals surface area contributed by atoms with Gasteiger partial charge >= 0.3 is 5.97 Å². The second-order valence-corrected chi connectivity index (χ2v) is 4.95.